The lowest BCUT2D eigenvalue weighted by Gasteiger charge is -2.24. The lowest BCUT2D eigenvalue weighted by atomic mass is 9.88. The van der Waals surface area contributed by atoms with Gasteiger partial charge in [0.1, 0.15) is 17.1 Å². The largest absolute Gasteiger partial charge is 0.457 e. The summed E-state index contributed by atoms with van der Waals surface area (Å²) in [4.78, 5) is 31.7. The minimum atomic E-state index is -0.602. The lowest BCUT2D eigenvalue weighted by Crippen LogP contribution is -2.36. The van der Waals surface area contributed by atoms with E-state index in [1.165, 1.54) is 0 Å². The Balaban J connectivity index is 1.51. The molecule has 0 saturated carbocycles. The third-order valence-electron chi connectivity index (χ3n) is 5.52. The summed E-state index contributed by atoms with van der Waals surface area (Å²) >= 11 is 0. The van der Waals surface area contributed by atoms with Gasteiger partial charge < -0.3 is 19.7 Å². The topological polar surface area (TPSA) is 80.8 Å². The van der Waals surface area contributed by atoms with Gasteiger partial charge in [-0.2, -0.15) is 0 Å². The van der Waals surface area contributed by atoms with Crippen molar-refractivity contribution in [3.05, 3.63) is 84.7 Å². The molecule has 4 rings (SSSR count). The second-order valence-corrected chi connectivity index (χ2v) is 9.31. The summed E-state index contributed by atoms with van der Waals surface area (Å²) in [5.41, 5.74) is 1.04. The van der Waals surface area contributed by atoms with Crippen LogP contribution in [0.3, 0.4) is 0 Å². The van der Waals surface area contributed by atoms with Crippen molar-refractivity contribution in [1.29, 1.82) is 0 Å². The molecule has 1 N–H and O–H groups in total. The van der Waals surface area contributed by atoms with Gasteiger partial charge >= 0.3 is 6.09 Å². The number of hydrogen-bond donors (Lipinski definition) is 1. The number of nitrogens with one attached hydrogen (secondary N) is 1. The Hall–Kier alpha value is -3.87. The number of nitrogens with zero attached hydrogens (tertiary/aromatic N) is 2. The molecule has 1 fully saturated rings. The van der Waals surface area contributed by atoms with Crippen LogP contribution in [0.15, 0.2) is 79.1 Å². The fourth-order valence-electron chi connectivity index (χ4n) is 4.00. The van der Waals surface area contributed by atoms with E-state index < -0.39 is 17.6 Å². The van der Waals surface area contributed by atoms with Crippen LogP contribution in [0.25, 0.3) is 0 Å². The van der Waals surface area contributed by atoms with Crippen LogP contribution in [0, 0.1) is 5.92 Å². The van der Waals surface area contributed by atoms with Gasteiger partial charge in [-0.3, -0.25) is 9.78 Å². The van der Waals surface area contributed by atoms with Crippen molar-refractivity contribution in [2.24, 2.45) is 5.92 Å². The molecule has 1 aromatic heterocycles. The van der Waals surface area contributed by atoms with Crippen molar-refractivity contribution in [3.8, 4) is 11.5 Å². The molecular weight excluding hydrogens is 430 g/mol. The van der Waals surface area contributed by atoms with Crippen LogP contribution < -0.4 is 10.1 Å². The number of carbonyl (C=O) groups excluding carboxylic acids is 2. The van der Waals surface area contributed by atoms with Crippen molar-refractivity contribution < 1.29 is 19.1 Å². The number of amides is 2. The molecule has 2 aromatic carbocycles. The van der Waals surface area contributed by atoms with Gasteiger partial charge in [0.2, 0.25) is 5.91 Å². The highest BCUT2D eigenvalue weighted by atomic mass is 16.6. The van der Waals surface area contributed by atoms with Gasteiger partial charge in [0.05, 0.1) is 5.92 Å². The number of ether oxygens (including phenoxy) is 2. The molecule has 34 heavy (non-hydrogen) atoms. The molecule has 2 heterocycles. The number of anilines is 1. The first kappa shape index (κ1) is 23.3. The molecule has 7 nitrogen and oxygen atoms in total. The zero-order valence-corrected chi connectivity index (χ0v) is 19.6. The molecule has 0 radical (unpaired) electrons. The van der Waals surface area contributed by atoms with E-state index in [0.717, 1.165) is 5.56 Å². The number of pyridine rings is 1. The predicted octanol–water partition coefficient (Wildman–Crippen LogP) is 5.46. The number of rotatable bonds is 5. The summed E-state index contributed by atoms with van der Waals surface area (Å²) in [6.45, 7) is 6.21. The van der Waals surface area contributed by atoms with E-state index in [0.29, 0.717) is 23.7 Å². The van der Waals surface area contributed by atoms with Gasteiger partial charge in [0.15, 0.2) is 0 Å². The van der Waals surface area contributed by atoms with Crippen molar-refractivity contribution >= 4 is 17.7 Å². The fraction of sp³-hybridized carbons (Fsp3) is 0.296. The number of aromatic nitrogens is 1. The summed E-state index contributed by atoms with van der Waals surface area (Å²) in [7, 11) is 0. The van der Waals surface area contributed by atoms with Crippen LogP contribution in [0.4, 0.5) is 10.5 Å². The van der Waals surface area contributed by atoms with Crippen LogP contribution in [-0.4, -0.2) is 40.6 Å². The highest BCUT2D eigenvalue weighted by molar-refractivity contribution is 5.94. The molecule has 0 spiro atoms. The normalized spacial score (nSPS) is 17.8. The van der Waals surface area contributed by atoms with E-state index >= 15 is 0 Å². The smallest absolute Gasteiger partial charge is 0.410 e. The number of likely N-dealkylation sites (tertiary alicyclic amines) is 1. The Bertz CT molecular complexity index is 1130. The summed E-state index contributed by atoms with van der Waals surface area (Å²) in [5.74, 6) is 0.558. The van der Waals surface area contributed by atoms with Gasteiger partial charge in [-0.25, -0.2) is 4.79 Å². The molecule has 7 heteroatoms. The van der Waals surface area contributed by atoms with Crippen molar-refractivity contribution in [3.63, 3.8) is 0 Å². The molecule has 176 valence electrons. The van der Waals surface area contributed by atoms with E-state index in [1.807, 2.05) is 69.3 Å². The van der Waals surface area contributed by atoms with Gasteiger partial charge in [-0.1, -0.05) is 36.4 Å². The maximum atomic E-state index is 13.4. The van der Waals surface area contributed by atoms with Crippen molar-refractivity contribution in [1.82, 2.24) is 9.88 Å². The third kappa shape index (κ3) is 5.92. The lowest BCUT2D eigenvalue weighted by molar-refractivity contribution is -0.119. The maximum Gasteiger partial charge on any atom is 0.410 e. The quantitative estimate of drug-likeness (QED) is 0.548. The molecular formula is C27H29N3O4. The predicted molar refractivity (Wildman–Crippen MR) is 130 cm³/mol. The summed E-state index contributed by atoms with van der Waals surface area (Å²) in [6.07, 6.45) is 2.90. The van der Waals surface area contributed by atoms with E-state index in [2.05, 4.69) is 10.3 Å². The average molecular weight is 460 g/mol. The zero-order valence-electron chi connectivity index (χ0n) is 19.6. The van der Waals surface area contributed by atoms with E-state index in [-0.39, 0.29) is 18.4 Å². The Kier molecular flexibility index (Phi) is 6.82. The maximum absolute atomic E-state index is 13.4. The minimum Gasteiger partial charge on any atom is -0.457 e. The Labute approximate surface area is 199 Å². The zero-order chi connectivity index (χ0) is 24.1. The molecule has 0 aliphatic carbocycles. The SMILES string of the molecule is CC(C)(C)OC(=O)N1C[C@@H](C(=O)Nc2cccc(Oc3ccncc3)c2)[C@H](c2ccccc2)C1. The molecule has 0 unspecified atom stereocenters. The summed E-state index contributed by atoms with van der Waals surface area (Å²) in [5, 5.41) is 3.01. The van der Waals surface area contributed by atoms with Gasteiger partial charge in [0.25, 0.3) is 0 Å². The van der Waals surface area contributed by atoms with Crippen LogP contribution >= 0.6 is 0 Å². The minimum absolute atomic E-state index is 0.134. The van der Waals surface area contributed by atoms with E-state index in [1.54, 1.807) is 35.5 Å². The molecule has 1 aliphatic rings. The second-order valence-electron chi connectivity index (χ2n) is 9.31. The molecule has 2 atom stereocenters. The fourth-order valence-corrected chi connectivity index (χ4v) is 4.00. The highest BCUT2D eigenvalue weighted by Gasteiger charge is 2.41. The van der Waals surface area contributed by atoms with Crippen LogP contribution in [0.5, 0.6) is 11.5 Å². The first-order valence-corrected chi connectivity index (χ1v) is 11.3. The molecule has 1 saturated heterocycles. The number of carbonyl (C=O) groups is 2. The van der Waals surface area contributed by atoms with Crippen LogP contribution in [0.1, 0.15) is 32.3 Å². The average Bonchev–Trinajstić information content (AvgIpc) is 3.26. The van der Waals surface area contributed by atoms with Crippen LogP contribution in [-0.2, 0) is 9.53 Å². The van der Waals surface area contributed by atoms with Gasteiger partial charge in [-0.15, -0.1) is 0 Å². The molecule has 3 aromatic rings. The first-order chi connectivity index (χ1) is 16.3. The monoisotopic (exact) mass is 459 g/mol. The van der Waals surface area contributed by atoms with Crippen molar-refractivity contribution in [2.75, 3.05) is 18.4 Å². The van der Waals surface area contributed by atoms with Crippen molar-refractivity contribution in [2.45, 2.75) is 32.3 Å². The summed E-state index contributed by atoms with van der Waals surface area (Å²) < 4.78 is 11.4. The van der Waals surface area contributed by atoms with E-state index in [9.17, 15) is 9.59 Å². The number of hydrogen-bond acceptors (Lipinski definition) is 5. The Morgan fingerprint density at radius 1 is 0.941 bits per heavy atom. The molecule has 1 aliphatic heterocycles. The third-order valence-corrected chi connectivity index (χ3v) is 5.52. The van der Waals surface area contributed by atoms with Gasteiger partial charge in [0, 0.05) is 43.2 Å². The Morgan fingerprint density at radius 2 is 1.68 bits per heavy atom. The van der Waals surface area contributed by atoms with Gasteiger partial charge in [-0.05, 0) is 50.6 Å². The molecule has 0 bridgehead atoms. The second kappa shape index (κ2) is 9.95. The standard InChI is InChI=1S/C27H29N3O4/c1-27(2,3)34-26(32)30-17-23(19-8-5-4-6-9-19)24(18-30)25(31)29-20-10-7-11-22(16-20)33-21-12-14-28-15-13-21/h4-16,23-24H,17-18H2,1-3H3,(H,29,31)/t23-,24+/m0/s1. The Morgan fingerprint density at radius 3 is 2.38 bits per heavy atom. The highest BCUT2D eigenvalue weighted by Crippen LogP contribution is 2.35. The first-order valence-electron chi connectivity index (χ1n) is 11.3. The van der Waals surface area contributed by atoms with E-state index in [4.69, 9.17) is 9.47 Å². The number of benzene rings is 2. The summed E-state index contributed by atoms with van der Waals surface area (Å²) in [6, 6.07) is 20.6. The molecule has 2 amide bonds. The van der Waals surface area contributed by atoms with Crippen LogP contribution in [0.2, 0.25) is 0 Å².